The topological polar surface area (TPSA) is 59.8 Å². The fourth-order valence-corrected chi connectivity index (χ4v) is 3.45. The van der Waals surface area contributed by atoms with Crippen LogP contribution in [0.2, 0.25) is 5.02 Å². The van der Waals surface area contributed by atoms with Crippen LogP contribution in [-0.2, 0) is 16.4 Å². The van der Waals surface area contributed by atoms with Crippen LogP contribution in [0.5, 0.6) is 5.75 Å². The van der Waals surface area contributed by atoms with Gasteiger partial charge in [-0.1, -0.05) is 11.6 Å². The summed E-state index contributed by atoms with van der Waals surface area (Å²) in [5.74, 6) is 0.999. The Morgan fingerprint density at radius 3 is 2.71 bits per heavy atom. The minimum atomic E-state index is -3.68. The summed E-state index contributed by atoms with van der Waals surface area (Å²) in [5.41, 5.74) is 0. The molecule has 2 rings (SSSR count). The molecule has 0 atom stereocenters. The minimum absolute atomic E-state index is 0.0550. The number of rotatable bonds is 6. The van der Waals surface area contributed by atoms with E-state index in [0.717, 1.165) is 5.76 Å². The molecule has 7 heteroatoms. The number of furan rings is 1. The Kier molecular flexibility index (Phi) is 4.92. The largest absolute Gasteiger partial charge is 0.495 e. The molecule has 0 N–H and O–H groups in total. The van der Waals surface area contributed by atoms with Crippen molar-refractivity contribution in [2.24, 2.45) is 0 Å². The SMILES string of the molecule is COc1ccc(Cl)cc1S(=O)(=O)N(C)CCc1ccco1. The molecule has 1 aromatic carbocycles. The lowest BCUT2D eigenvalue weighted by atomic mass is 10.3. The molecule has 21 heavy (non-hydrogen) atoms. The highest BCUT2D eigenvalue weighted by Crippen LogP contribution is 2.29. The predicted octanol–water partition coefficient (Wildman–Crippen LogP) is 2.80. The molecule has 0 unspecified atom stereocenters. The third-order valence-corrected chi connectivity index (χ3v) is 5.18. The van der Waals surface area contributed by atoms with Crippen LogP contribution in [0.1, 0.15) is 5.76 Å². The molecule has 0 fully saturated rings. The molecule has 0 amide bonds. The smallest absolute Gasteiger partial charge is 0.246 e. The van der Waals surface area contributed by atoms with E-state index in [1.165, 1.54) is 30.6 Å². The Balaban J connectivity index is 2.22. The third kappa shape index (κ3) is 3.58. The normalized spacial score (nSPS) is 11.8. The van der Waals surface area contributed by atoms with E-state index in [1.54, 1.807) is 24.5 Å². The maximum absolute atomic E-state index is 12.6. The van der Waals surface area contributed by atoms with Gasteiger partial charge in [-0.05, 0) is 30.3 Å². The molecule has 0 saturated heterocycles. The second kappa shape index (κ2) is 6.51. The molecule has 0 bridgehead atoms. The molecule has 0 spiro atoms. The van der Waals surface area contributed by atoms with E-state index >= 15 is 0 Å². The fourth-order valence-electron chi connectivity index (χ4n) is 1.86. The van der Waals surface area contributed by atoms with Gasteiger partial charge >= 0.3 is 0 Å². The van der Waals surface area contributed by atoms with Crippen LogP contribution in [0.4, 0.5) is 0 Å². The Morgan fingerprint density at radius 1 is 1.33 bits per heavy atom. The second-order valence-electron chi connectivity index (χ2n) is 4.45. The van der Waals surface area contributed by atoms with E-state index in [2.05, 4.69) is 0 Å². The Bertz CT molecular complexity index is 698. The number of hydrogen-bond acceptors (Lipinski definition) is 4. The first-order chi connectivity index (χ1) is 9.95. The monoisotopic (exact) mass is 329 g/mol. The van der Waals surface area contributed by atoms with E-state index in [0.29, 0.717) is 18.0 Å². The maximum atomic E-state index is 12.6. The van der Waals surface area contributed by atoms with E-state index in [-0.39, 0.29) is 10.6 Å². The van der Waals surface area contributed by atoms with Crippen LogP contribution in [0.25, 0.3) is 0 Å². The van der Waals surface area contributed by atoms with Crippen molar-refractivity contribution in [2.75, 3.05) is 20.7 Å². The van der Waals surface area contributed by atoms with Gasteiger partial charge in [0.25, 0.3) is 0 Å². The van der Waals surface area contributed by atoms with Crippen molar-refractivity contribution in [3.63, 3.8) is 0 Å². The van der Waals surface area contributed by atoms with Gasteiger partial charge in [0.05, 0.1) is 13.4 Å². The van der Waals surface area contributed by atoms with Gasteiger partial charge in [0.2, 0.25) is 10.0 Å². The molecule has 0 radical (unpaired) electrons. The maximum Gasteiger partial charge on any atom is 0.246 e. The highest BCUT2D eigenvalue weighted by molar-refractivity contribution is 7.89. The standard InChI is InChI=1S/C14H16ClNO4S/c1-16(8-7-12-4-3-9-20-12)21(17,18)14-10-11(15)5-6-13(14)19-2/h3-6,9-10H,7-8H2,1-2H3. The highest BCUT2D eigenvalue weighted by atomic mass is 35.5. The van der Waals surface area contributed by atoms with Crippen molar-refractivity contribution in [3.05, 3.63) is 47.4 Å². The van der Waals surface area contributed by atoms with Gasteiger partial charge in [0, 0.05) is 25.0 Å². The Labute approximate surface area is 129 Å². The second-order valence-corrected chi connectivity index (χ2v) is 6.90. The summed E-state index contributed by atoms with van der Waals surface area (Å²) in [6.07, 6.45) is 2.05. The average Bonchev–Trinajstić information content (AvgIpc) is 2.97. The number of likely N-dealkylation sites (N-methyl/N-ethyl adjacent to an activating group) is 1. The predicted molar refractivity (Wildman–Crippen MR) is 80.2 cm³/mol. The number of halogens is 1. The summed E-state index contributed by atoms with van der Waals surface area (Å²) in [6, 6.07) is 8.08. The zero-order valence-corrected chi connectivity index (χ0v) is 13.3. The molecule has 0 saturated carbocycles. The first-order valence-corrected chi connectivity index (χ1v) is 8.09. The molecule has 0 aliphatic rings. The van der Waals surface area contributed by atoms with E-state index < -0.39 is 10.0 Å². The van der Waals surface area contributed by atoms with E-state index in [4.69, 9.17) is 20.8 Å². The van der Waals surface area contributed by atoms with Gasteiger partial charge < -0.3 is 9.15 Å². The van der Waals surface area contributed by atoms with Crippen LogP contribution in [0, 0.1) is 0 Å². The number of hydrogen-bond donors (Lipinski definition) is 0. The molecular weight excluding hydrogens is 314 g/mol. The number of methoxy groups -OCH3 is 1. The molecule has 1 aromatic heterocycles. The lowest BCUT2D eigenvalue weighted by molar-refractivity contribution is 0.397. The molecule has 0 aliphatic heterocycles. The highest BCUT2D eigenvalue weighted by Gasteiger charge is 2.25. The summed E-state index contributed by atoms with van der Waals surface area (Å²) in [5, 5.41) is 0.341. The van der Waals surface area contributed by atoms with Crippen molar-refractivity contribution in [2.45, 2.75) is 11.3 Å². The summed E-state index contributed by atoms with van der Waals surface area (Å²) >= 11 is 5.89. The lowest BCUT2D eigenvalue weighted by Crippen LogP contribution is -2.29. The van der Waals surface area contributed by atoms with Crippen LogP contribution < -0.4 is 4.74 Å². The van der Waals surface area contributed by atoms with Crippen molar-refractivity contribution < 1.29 is 17.6 Å². The summed E-state index contributed by atoms with van der Waals surface area (Å²) in [4.78, 5) is 0.0550. The van der Waals surface area contributed by atoms with Crippen molar-refractivity contribution in [1.29, 1.82) is 0 Å². The zero-order valence-electron chi connectivity index (χ0n) is 11.7. The van der Waals surface area contributed by atoms with Crippen LogP contribution in [-0.4, -0.2) is 33.4 Å². The van der Waals surface area contributed by atoms with Gasteiger partial charge in [0.15, 0.2) is 0 Å². The molecule has 2 aromatic rings. The lowest BCUT2D eigenvalue weighted by Gasteiger charge is -2.18. The van der Waals surface area contributed by atoms with Gasteiger partial charge in [-0.2, -0.15) is 0 Å². The minimum Gasteiger partial charge on any atom is -0.495 e. The number of ether oxygens (including phenoxy) is 1. The fraction of sp³-hybridized carbons (Fsp3) is 0.286. The van der Waals surface area contributed by atoms with E-state index in [1.807, 2.05) is 0 Å². The van der Waals surface area contributed by atoms with Gasteiger partial charge in [-0.15, -0.1) is 0 Å². The van der Waals surface area contributed by atoms with Crippen LogP contribution >= 0.6 is 11.6 Å². The Hall–Kier alpha value is -1.50. The van der Waals surface area contributed by atoms with Crippen molar-refractivity contribution >= 4 is 21.6 Å². The number of benzene rings is 1. The van der Waals surface area contributed by atoms with Gasteiger partial charge in [0.1, 0.15) is 16.4 Å². The van der Waals surface area contributed by atoms with Crippen molar-refractivity contribution in [1.82, 2.24) is 4.31 Å². The molecule has 114 valence electrons. The molecule has 0 aliphatic carbocycles. The summed E-state index contributed by atoms with van der Waals surface area (Å²) in [6.45, 7) is 0.297. The Morgan fingerprint density at radius 2 is 2.10 bits per heavy atom. The summed E-state index contributed by atoms with van der Waals surface area (Å²) < 4.78 is 36.7. The number of sulfonamides is 1. The molecular formula is C14H16ClNO4S. The van der Waals surface area contributed by atoms with Crippen LogP contribution in [0.3, 0.4) is 0 Å². The zero-order chi connectivity index (χ0) is 15.5. The van der Waals surface area contributed by atoms with Crippen molar-refractivity contribution in [3.8, 4) is 5.75 Å². The molecule has 1 heterocycles. The van der Waals surface area contributed by atoms with Gasteiger partial charge in [-0.3, -0.25) is 0 Å². The third-order valence-electron chi connectivity index (χ3n) is 3.07. The first-order valence-electron chi connectivity index (χ1n) is 6.27. The van der Waals surface area contributed by atoms with E-state index in [9.17, 15) is 8.42 Å². The first kappa shape index (κ1) is 15.9. The van der Waals surface area contributed by atoms with Crippen LogP contribution in [0.15, 0.2) is 45.9 Å². The quantitative estimate of drug-likeness (QED) is 0.817. The average molecular weight is 330 g/mol. The molecule has 5 nitrogen and oxygen atoms in total. The summed E-state index contributed by atoms with van der Waals surface area (Å²) in [7, 11) is -0.741. The number of nitrogens with zero attached hydrogens (tertiary/aromatic N) is 1. The van der Waals surface area contributed by atoms with Gasteiger partial charge in [-0.25, -0.2) is 12.7 Å².